The van der Waals surface area contributed by atoms with Gasteiger partial charge < -0.3 is 4.74 Å². The van der Waals surface area contributed by atoms with Crippen molar-refractivity contribution in [3.05, 3.63) is 102 Å². The van der Waals surface area contributed by atoms with Crippen molar-refractivity contribution in [2.45, 2.75) is 16.1 Å². The Morgan fingerprint density at radius 2 is 1.47 bits per heavy atom. The van der Waals surface area contributed by atoms with E-state index < -0.39 is 26.4 Å². The van der Waals surface area contributed by atoms with Crippen LogP contribution in [0.4, 0.5) is 0 Å². The van der Waals surface area contributed by atoms with Crippen LogP contribution in [0.25, 0.3) is 0 Å². The standard InChI is InChI=1S/C25H22O4S/c26-24-20-13-7-8-14-22(20)25(23-17-29-16-21(23)24,15-18-9-3-1-4-10-18)30(27,28)19-11-5-2-6-12-19/h1-14,21,23H,15-17H2/t21-,23+,25+/m1/s1. The second kappa shape index (κ2) is 7.18. The van der Waals surface area contributed by atoms with Crippen molar-refractivity contribution in [3.8, 4) is 0 Å². The Hall–Kier alpha value is -2.76. The lowest BCUT2D eigenvalue weighted by molar-refractivity contribution is 0.0850. The van der Waals surface area contributed by atoms with Crippen molar-refractivity contribution < 1.29 is 17.9 Å². The summed E-state index contributed by atoms with van der Waals surface area (Å²) in [5.74, 6) is -0.910. The molecule has 1 aliphatic heterocycles. The van der Waals surface area contributed by atoms with Gasteiger partial charge in [0.25, 0.3) is 0 Å². The van der Waals surface area contributed by atoms with Gasteiger partial charge in [0.05, 0.1) is 24.0 Å². The van der Waals surface area contributed by atoms with Gasteiger partial charge in [-0.25, -0.2) is 8.42 Å². The third-order valence-corrected chi connectivity index (χ3v) is 9.03. The highest BCUT2D eigenvalue weighted by molar-refractivity contribution is 7.92. The van der Waals surface area contributed by atoms with Gasteiger partial charge in [0, 0.05) is 11.5 Å². The molecule has 0 saturated carbocycles. The smallest absolute Gasteiger partial charge is 0.188 e. The molecule has 30 heavy (non-hydrogen) atoms. The lowest BCUT2D eigenvalue weighted by Crippen LogP contribution is -2.53. The minimum Gasteiger partial charge on any atom is -0.380 e. The predicted octanol–water partition coefficient (Wildman–Crippen LogP) is 4.06. The van der Waals surface area contributed by atoms with Crippen LogP contribution in [-0.4, -0.2) is 27.4 Å². The van der Waals surface area contributed by atoms with Crippen LogP contribution in [0.15, 0.2) is 89.8 Å². The SMILES string of the molecule is O=C1c2ccccc2[C@](Cc2ccccc2)(S(=O)(=O)c2ccccc2)[C@H]2COC[C@@H]12. The lowest BCUT2D eigenvalue weighted by Gasteiger charge is -2.44. The summed E-state index contributed by atoms with van der Waals surface area (Å²) in [5, 5.41) is 0. The zero-order chi connectivity index (χ0) is 20.8. The summed E-state index contributed by atoms with van der Waals surface area (Å²) in [6.07, 6.45) is 0.292. The molecule has 3 atom stereocenters. The van der Waals surface area contributed by atoms with Gasteiger partial charge in [0.1, 0.15) is 4.75 Å². The first kappa shape index (κ1) is 19.2. The fourth-order valence-electron chi connectivity index (χ4n) is 5.11. The van der Waals surface area contributed by atoms with Gasteiger partial charge in [-0.05, 0) is 29.7 Å². The van der Waals surface area contributed by atoms with Crippen LogP contribution in [0.1, 0.15) is 21.5 Å². The second-order valence-corrected chi connectivity index (χ2v) is 10.2. The fraction of sp³-hybridized carbons (Fsp3) is 0.240. The topological polar surface area (TPSA) is 60.4 Å². The first-order valence-corrected chi connectivity index (χ1v) is 11.6. The zero-order valence-electron chi connectivity index (χ0n) is 16.4. The Kier molecular flexibility index (Phi) is 4.60. The van der Waals surface area contributed by atoms with Gasteiger partial charge in [0.2, 0.25) is 0 Å². The summed E-state index contributed by atoms with van der Waals surface area (Å²) in [6, 6.07) is 25.4. The number of hydrogen-bond donors (Lipinski definition) is 0. The highest BCUT2D eigenvalue weighted by Crippen LogP contribution is 2.54. The Labute approximate surface area is 176 Å². The molecule has 1 heterocycles. The average Bonchev–Trinajstić information content (AvgIpc) is 3.28. The highest BCUT2D eigenvalue weighted by atomic mass is 32.2. The van der Waals surface area contributed by atoms with E-state index in [0.29, 0.717) is 17.5 Å². The third-order valence-electron chi connectivity index (χ3n) is 6.51. The Morgan fingerprint density at radius 3 is 2.20 bits per heavy atom. The summed E-state index contributed by atoms with van der Waals surface area (Å²) in [4.78, 5) is 13.5. The number of hydrogen-bond acceptors (Lipinski definition) is 4. The molecule has 2 aliphatic rings. The summed E-state index contributed by atoms with van der Waals surface area (Å²) in [6.45, 7) is 0.516. The summed E-state index contributed by atoms with van der Waals surface area (Å²) in [7, 11) is -3.85. The van der Waals surface area contributed by atoms with Gasteiger partial charge >= 0.3 is 0 Å². The quantitative estimate of drug-likeness (QED) is 0.641. The molecule has 3 aromatic rings. The van der Waals surface area contributed by atoms with Gasteiger partial charge in [0.15, 0.2) is 15.6 Å². The molecule has 0 bridgehead atoms. The largest absolute Gasteiger partial charge is 0.380 e. The van der Waals surface area contributed by atoms with E-state index in [-0.39, 0.29) is 23.9 Å². The van der Waals surface area contributed by atoms with E-state index in [4.69, 9.17) is 4.74 Å². The number of fused-ring (bicyclic) bond motifs is 2. The number of sulfone groups is 1. The second-order valence-electron chi connectivity index (χ2n) is 8.03. The molecule has 1 fully saturated rings. The number of carbonyl (C=O) groups excluding carboxylic acids is 1. The van der Waals surface area contributed by atoms with Crippen LogP contribution < -0.4 is 0 Å². The third kappa shape index (κ3) is 2.69. The zero-order valence-corrected chi connectivity index (χ0v) is 17.2. The summed E-state index contributed by atoms with van der Waals surface area (Å²) < 4.78 is 33.2. The van der Waals surface area contributed by atoms with E-state index in [1.807, 2.05) is 48.5 Å². The molecule has 5 heteroatoms. The number of benzene rings is 3. The maximum atomic E-state index is 14.4. The molecule has 1 aliphatic carbocycles. The number of Topliss-reactive ketones (excluding diaryl/α,β-unsaturated/α-hetero) is 1. The molecule has 0 spiro atoms. The van der Waals surface area contributed by atoms with Crippen molar-refractivity contribution in [1.82, 2.24) is 0 Å². The van der Waals surface area contributed by atoms with Gasteiger partial charge in [-0.3, -0.25) is 4.79 Å². The molecule has 5 rings (SSSR count). The molecule has 0 aromatic heterocycles. The van der Waals surface area contributed by atoms with Crippen LogP contribution in [0.2, 0.25) is 0 Å². The van der Waals surface area contributed by atoms with Crippen molar-refractivity contribution in [2.75, 3.05) is 13.2 Å². The van der Waals surface area contributed by atoms with E-state index in [1.54, 1.807) is 36.4 Å². The minimum atomic E-state index is -3.85. The minimum absolute atomic E-state index is 0.0138. The van der Waals surface area contributed by atoms with Crippen LogP contribution in [0.5, 0.6) is 0 Å². The maximum Gasteiger partial charge on any atom is 0.188 e. The van der Waals surface area contributed by atoms with Crippen LogP contribution in [0, 0.1) is 11.8 Å². The summed E-state index contributed by atoms with van der Waals surface area (Å²) >= 11 is 0. The molecule has 3 aromatic carbocycles. The predicted molar refractivity (Wildman–Crippen MR) is 114 cm³/mol. The Balaban J connectivity index is 1.84. The van der Waals surface area contributed by atoms with Gasteiger partial charge in [-0.2, -0.15) is 0 Å². The van der Waals surface area contributed by atoms with Crippen molar-refractivity contribution in [1.29, 1.82) is 0 Å². The van der Waals surface area contributed by atoms with E-state index >= 15 is 0 Å². The first-order chi connectivity index (χ1) is 14.6. The number of rotatable bonds is 4. The van der Waals surface area contributed by atoms with Crippen LogP contribution in [-0.2, 0) is 25.7 Å². The van der Waals surface area contributed by atoms with Crippen molar-refractivity contribution in [2.24, 2.45) is 11.8 Å². The summed E-state index contributed by atoms with van der Waals surface area (Å²) in [5.41, 5.74) is 2.01. The van der Waals surface area contributed by atoms with E-state index in [2.05, 4.69) is 0 Å². The number of ether oxygens (including phenoxy) is 1. The van der Waals surface area contributed by atoms with Crippen LogP contribution >= 0.6 is 0 Å². The molecule has 0 N–H and O–H groups in total. The van der Waals surface area contributed by atoms with Gasteiger partial charge in [-0.1, -0.05) is 72.8 Å². The molecular weight excluding hydrogens is 396 g/mol. The van der Waals surface area contributed by atoms with E-state index in [1.165, 1.54) is 0 Å². The lowest BCUT2D eigenvalue weighted by atomic mass is 9.67. The molecule has 1 saturated heterocycles. The molecule has 152 valence electrons. The first-order valence-electron chi connectivity index (χ1n) is 10.1. The molecule has 0 unspecified atom stereocenters. The number of carbonyl (C=O) groups is 1. The Morgan fingerprint density at radius 1 is 0.833 bits per heavy atom. The highest BCUT2D eigenvalue weighted by Gasteiger charge is 2.61. The van der Waals surface area contributed by atoms with Crippen molar-refractivity contribution in [3.63, 3.8) is 0 Å². The molecule has 0 amide bonds. The molecular formula is C25H22O4S. The van der Waals surface area contributed by atoms with Gasteiger partial charge in [-0.15, -0.1) is 0 Å². The average molecular weight is 419 g/mol. The van der Waals surface area contributed by atoms with Crippen LogP contribution in [0.3, 0.4) is 0 Å². The normalized spacial score (nSPS) is 25.5. The fourth-order valence-corrected chi connectivity index (χ4v) is 7.50. The molecule has 0 radical (unpaired) electrons. The monoisotopic (exact) mass is 418 g/mol. The van der Waals surface area contributed by atoms with Crippen molar-refractivity contribution >= 4 is 15.6 Å². The number of ketones is 1. The Bertz CT molecular complexity index is 1190. The maximum absolute atomic E-state index is 14.4. The van der Waals surface area contributed by atoms with E-state index in [9.17, 15) is 13.2 Å². The molecule has 4 nitrogen and oxygen atoms in total. The van der Waals surface area contributed by atoms with E-state index in [0.717, 1.165) is 5.56 Å².